The Labute approximate surface area is 85.6 Å². The Morgan fingerprint density at radius 3 is 2.79 bits per heavy atom. The van der Waals surface area contributed by atoms with Crippen molar-refractivity contribution in [2.45, 2.75) is 39.3 Å². The standard InChI is InChI=1S/C11H18N2O/c1-4-5-10(14)13-11-8(2)6-7-12-9(11)3/h8-9,11-12H,6-7H2,1-3H3,(H,13,14). The Balaban J connectivity index is 2.54. The van der Waals surface area contributed by atoms with E-state index in [1.165, 1.54) is 0 Å². The zero-order valence-electron chi connectivity index (χ0n) is 9.05. The van der Waals surface area contributed by atoms with Gasteiger partial charge < -0.3 is 10.6 Å². The van der Waals surface area contributed by atoms with Crippen LogP contribution in [0.4, 0.5) is 0 Å². The average Bonchev–Trinajstić information content (AvgIpc) is 2.12. The van der Waals surface area contributed by atoms with Crippen molar-refractivity contribution >= 4 is 5.91 Å². The summed E-state index contributed by atoms with van der Waals surface area (Å²) in [5.41, 5.74) is 0. The second-order valence-corrected chi connectivity index (χ2v) is 3.88. The van der Waals surface area contributed by atoms with Gasteiger partial charge in [0.1, 0.15) is 0 Å². The minimum absolute atomic E-state index is 0.167. The highest BCUT2D eigenvalue weighted by Gasteiger charge is 2.27. The zero-order chi connectivity index (χ0) is 10.6. The molecule has 0 radical (unpaired) electrons. The van der Waals surface area contributed by atoms with Crippen molar-refractivity contribution in [3.63, 3.8) is 0 Å². The molecule has 2 N–H and O–H groups in total. The molecule has 1 saturated heterocycles. The van der Waals surface area contributed by atoms with Crippen LogP contribution >= 0.6 is 0 Å². The predicted octanol–water partition coefficient (Wildman–Crippen LogP) is 0.512. The lowest BCUT2D eigenvalue weighted by molar-refractivity contribution is -0.117. The van der Waals surface area contributed by atoms with E-state index >= 15 is 0 Å². The number of nitrogens with one attached hydrogen (secondary N) is 2. The molecule has 1 fully saturated rings. The monoisotopic (exact) mass is 194 g/mol. The van der Waals surface area contributed by atoms with Gasteiger partial charge in [-0.2, -0.15) is 0 Å². The van der Waals surface area contributed by atoms with Crippen LogP contribution in [-0.4, -0.2) is 24.5 Å². The number of hydrogen-bond donors (Lipinski definition) is 2. The molecule has 1 heterocycles. The van der Waals surface area contributed by atoms with Gasteiger partial charge in [-0.15, -0.1) is 0 Å². The third-order valence-electron chi connectivity index (χ3n) is 2.75. The van der Waals surface area contributed by atoms with Gasteiger partial charge in [0.15, 0.2) is 0 Å². The minimum Gasteiger partial charge on any atom is -0.341 e. The third-order valence-corrected chi connectivity index (χ3v) is 2.75. The van der Waals surface area contributed by atoms with Gasteiger partial charge in [-0.3, -0.25) is 4.79 Å². The van der Waals surface area contributed by atoms with E-state index in [2.05, 4.69) is 36.3 Å². The van der Waals surface area contributed by atoms with Crippen LogP contribution in [0.2, 0.25) is 0 Å². The summed E-state index contributed by atoms with van der Waals surface area (Å²) in [5.74, 6) is 5.47. The van der Waals surface area contributed by atoms with E-state index < -0.39 is 0 Å². The maximum atomic E-state index is 11.3. The van der Waals surface area contributed by atoms with E-state index in [9.17, 15) is 4.79 Å². The van der Waals surface area contributed by atoms with Crippen LogP contribution < -0.4 is 10.6 Å². The maximum absolute atomic E-state index is 11.3. The van der Waals surface area contributed by atoms with Crippen molar-refractivity contribution in [2.24, 2.45) is 5.92 Å². The predicted molar refractivity (Wildman–Crippen MR) is 56.6 cm³/mol. The molecule has 1 amide bonds. The highest BCUT2D eigenvalue weighted by atomic mass is 16.1. The molecule has 1 aliphatic heterocycles. The second-order valence-electron chi connectivity index (χ2n) is 3.88. The molecule has 1 rings (SSSR count). The fraction of sp³-hybridized carbons (Fsp3) is 0.727. The highest BCUT2D eigenvalue weighted by Crippen LogP contribution is 2.15. The molecule has 78 valence electrons. The van der Waals surface area contributed by atoms with E-state index in [4.69, 9.17) is 0 Å². The molecule has 0 bridgehead atoms. The average molecular weight is 194 g/mol. The Hall–Kier alpha value is -1.01. The summed E-state index contributed by atoms with van der Waals surface area (Å²) in [5, 5.41) is 6.29. The summed E-state index contributed by atoms with van der Waals surface area (Å²) in [7, 11) is 0. The molecule has 0 saturated carbocycles. The Morgan fingerprint density at radius 2 is 2.21 bits per heavy atom. The lowest BCUT2D eigenvalue weighted by atomic mass is 9.89. The van der Waals surface area contributed by atoms with Gasteiger partial charge in [-0.1, -0.05) is 12.8 Å². The molecule has 3 atom stereocenters. The summed E-state index contributed by atoms with van der Waals surface area (Å²) in [6.07, 6.45) is 1.11. The summed E-state index contributed by atoms with van der Waals surface area (Å²) in [4.78, 5) is 11.3. The van der Waals surface area contributed by atoms with Crippen LogP contribution in [-0.2, 0) is 4.79 Å². The number of carbonyl (C=O) groups excluding carboxylic acids is 1. The zero-order valence-corrected chi connectivity index (χ0v) is 9.05. The van der Waals surface area contributed by atoms with Crippen LogP contribution in [0.15, 0.2) is 0 Å². The Kier molecular flexibility index (Phi) is 3.97. The molecule has 0 aromatic carbocycles. The number of rotatable bonds is 1. The van der Waals surface area contributed by atoms with E-state index in [-0.39, 0.29) is 11.9 Å². The number of amides is 1. The summed E-state index contributed by atoms with van der Waals surface area (Å²) >= 11 is 0. The van der Waals surface area contributed by atoms with Gasteiger partial charge in [0.2, 0.25) is 0 Å². The van der Waals surface area contributed by atoms with Gasteiger partial charge in [0.25, 0.3) is 5.91 Å². The first-order valence-corrected chi connectivity index (χ1v) is 5.11. The van der Waals surface area contributed by atoms with E-state index in [1.54, 1.807) is 6.92 Å². The van der Waals surface area contributed by atoms with Gasteiger partial charge in [-0.05, 0) is 38.7 Å². The smallest absolute Gasteiger partial charge is 0.296 e. The SMILES string of the molecule is CC#CC(=O)NC1C(C)CCNC1C. The van der Waals surface area contributed by atoms with E-state index in [1.807, 2.05) is 0 Å². The fourth-order valence-electron chi connectivity index (χ4n) is 1.91. The maximum Gasteiger partial charge on any atom is 0.296 e. The first kappa shape index (κ1) is 11.1. The molecular weight excluding hydrogens is 176 g/mol. The number of carbonyl (C=O) groups is 1. The second kappa shape index (κ2) is 5.02. The summed E-state index contributed by atoms with van der Waals surface area (Å²) < 4.78 is 0. The lowest BCUT2D eigenvalue weighted by Gasteiger charge is -2.35. The normalized spacial score (nSPS) is 31.5. The number of hydrogen-bond acceptors (Lipinski definition) is 2. The molecular formula is C11H18N2O. The van der Waals surface area contributed by atoms with E-state index in [0.29, 0.717) is 12.0 Å². The Morgan fingerprint density at radius 1 is 1.50 bits per heavy atom. The molecule has 0 aromatic rings. The topological polar surface area (TPSA) is 41.1 Å². The van der Waals surface area contributed by atoms with E-state index in [0.717, 1.165) is 13.0 Å². The van der Waals surface area contributed by atoms with Crippen molar-refractivity contribution in [2.75, 3.05) is 6.54 Å². The highest BCUT2D eigenvalue weighted by molar-refractivity contribution is 5.93. The summed E-state index contributed by atoms with van der Waals surface area (Å²) in [6.45, 7) is 6.97. The van der Waals surface area contributed by atoms with Gasteiger partial charge in [-0.25, -0.2) is 0 Å². The van der Waals surface area contributed by atoms with Crippen LogP contribution in [0.5, 0.6) is 0 Å². The molecule has 3 nitrogen and oxygen atoms in total. The third kappa shape index (κ3) is 2.74. The van der Waals surface area contributed by atoms with Crippen molar-refractivity contribution in [1.82, 2.24) is 10.6 Å². The first-order valence-electron chi connectivity index (χ1n) is 5.11. The van der Waals surface area contributed by atoms with Crippen LogP contribution in [0.3, 0.4) is 0 Å². The van der Waals surface area contributed by atoms with Gasteiger partial charge in [0, 0.05) is 12.1 Å². The minimum atomic E-state index is -0.167. The Bertz CT molecular complexity index is 254. The molecule has 0 spiro atoms. The molecule has 0 aliphatic carbocycles. The van der Waals surface area contributed by atoms with Crippen molar-refractivity contribution in [1.29, 1.82) is 0 Å². The fourth-order valence-corrected chi connectivity index (χ4v) is 1.91. The molecule has 3 heteroatoms. The molecule has 3 unspecified atom stereocenters. The van der Waals surface area contributed by atoms with Gasteiger partial charge >= 0.3 is 0 Å². The van der Waals surface area contributed by atoms with Crippen molar-refractivity contribution in [3.05, 3.63) is 0 Å². The van der Waals surface area contributed by atoms with Crippen LogP contribution in [0.1, 0.15) is 27.2 Å². The summed E-state index contributed by atoms with van der Waals surface area (Å²) in [6, 6.07) is 0.540. The lowest BCUT2D eigenvalue weighted by Crippen LogP contribution is -2.55. The largest absolute Gasteiger partial charge is 0.341 e. The van der Waals surface area contributed by atoms with Crippen LogP contribution in [0, 0.1) is 17.8 Å². The van der Waals surface area contributed by atoms with Crippen molar-refractivity contribution in [3.8, 4) is 11.8 Å². The first-order chi connectivity index (χ1) is 6.65. The number of piperidine rings is 1. The van der Waals surface area contributed by atoms with Gasteiger partial charge in [0.05, 0.1) is 0 Å². The van der Waals surface area contributed by atoms with Crippen molar-refractivity contribution < 1.29 is 4.79 Å². The van der Waals surface area contributed by atoms with Crippen LogP contribution in [0.25, 0.3) is 0 Å². The molecule has 0 aromatic heterocycles. The quantitative estimate of drug-likeness (QED) is 0.597. The molecule has 1 aliphatic rings. The molecule has 14 heavy (non-hydrogen) atoms.